The van der Waals surface area contributed by atoms with E-state index in [4.69, 9.17) is 0 Å². The van der Waals surface area contributed by atoms with Gasteiger partial charge in [0.1, 0.15) is 10.7 Å². The summed E-state index contributed by atoms with van der Waals surface area (Å²) in [7, 11) is -0.879. The molecule has 0 atom stereocenters. The zero-order chi connectivity index (χ0) is 17.9. The van der Waals surface area contributed by atoms with Crippen LogP contribution in [0.5, 0.6) is 0 Å². The van der Waals surface area contributed by atoms with Crippen LogP contribution in [0.3, 0.4) is 0 Å². The fourth-order valence-corrected chi connectivity index (χ4v) is 3.61. The van der Waals surface area contributed by atoms with Crippen molar-refractivity contribution in [3.05, 3.63) is 59.9 Å². The summed E-state index contributed by atoms with van der Waals surface area (Å²) in [6.45, 7) is 0.386. The normalized spacial score (nSPS) is 11.8. The van der Waals surface area contributed by atoms with Gasteiger partial charge in [-0.15, -0.1) is 0 Å². The van der Waals surface area contributed by atoms with E-state index in [1.807, 2.05) is 0 Å². The number of hydrogen-bond donors (Lipinski definition) is 0. The van der Waals surface area contributed by atoms with E-state index in [1.54, 1.807) is 49.3 Å². The van der Waals surface area contributed by atoms with Crippen LogP contribution in [0.15, 0.2) is 47.4 Å². The molecule has 0 radical (unpaired) electrons. The molecule has 0 fully saturated rings. The van der Waals surface area contributed by atoms with Gasteiger partial charge in [0, 0.05) is 25.2 Å². The average Bonchev–Trinajstić information content (AvgIpc) is 2.51. The van der Waals surface area contributed by atoms with Gasteiger partial charge in [-0.05, 0) is 26.2 Å². The molecule has 0 heterocycles. The smallest absolute Gasteiger partial charge is 0.267 e. The molecule has 0 spiro atoms. The molecule has 130 valence electrons. The zero-order valence-corrected chi connectivity index (χ0v) is 14.0. The lowest BCUT2D eigenvalue weighted by Crippen LogP contribution is -2.37. The predicted molar refractivity (Wildman–Crippen MR) is 85.8 cm³/mol. The average molecular weight is 358 g/mol. The molecule has 4 nitrogen and oxygen atoms in total. The summed E-state index contributed by atoms with van der Waals surface area (Å²) in [6.07, 6.45) is 0. The zero-order valence-electron chi connectivity index (χ0n) is 13.2. The van der Waals surface area contributed by atoms with Crippen LogP contribution in [-0.4, -0.2) is 40.5 Å². The minimum absolute atomic E-state index is 0.0256. The molecule has 0 aliphatic rings. The third-order valence-corrected chi connectivity index (χ3v) is 5.18. The number of para-hydroxylation sites is 1. The first-order valence-corrected chi connectivity index (χ1v) is 8.54. The van der Waals surface area contributed by atoms with Gasteiger partial charge >= 0.3 is 0 Å². The van der Waals surface area contributed by atoms with Crippen molar-refractivity contribution in [2.24, 2.45) is 0 Å². The number of benzene rings is 2. The Bertz CT molecular complexity index is 812. The molecule has 2 rings (SSSR count). The highest BCUT2D eigenvalue weighted by Crippen LogP contribution is 2.26. The predicted octanol–water partition coefficient (Wildman–Crippen LogP) is 2.86. The van der Waals surface area contributed by atoms with Crippen molar-refractivity contribution >= 4 is 15.7 Å². The van der Waals surface area contributed by atoms with Gasteiger partial charge in [0.25, 0.3) is 10.0 Å². The van der Waals surface area contributed by atoms with E-state index >= 15 is 0 Å². The lowest BCUT2D eigenvalue weighted by molar-refractivity contribution is 0.419. The molecule has 2 aromatic carbocycles. The summed E-state index contributed by atoms with van der Waals surface area (Å²) in [5.74, 6) is -4.19. The molecule has 0 N–H and O–H groups in total. The highest BCUT2D eigenvalue weighted by atomic mass is 32.2. The largest absolute Gasteiger partial charge is 0.308 e. The van der Waals surface area contributed by atoms with Crippen LogP contribution in [0.25, 0.3) is 0 Å². The fraction of sp³-hybridized carbons (Fsp3) is 0.250. The Hall–Kier alpha value is -2.06. The van der Waals surface area contributed by atoms with Gasteiger partial charge in [-0.3, -0.25) is 4.31 Å². The van der Waals surface area contributed by atoms with Gasteiger partial charge in [-0.25, -0.2) is 21.6 Å². The summed E-state index contributed by atoms with van der Waals surface area (Å²) < 4.78 is 67.1. The van der Waals surface area contributed by atoms with E-state index in [9.17, 15) is 21.6 Å². The van der Waals surface area contributed by atoms with Crippen LogP contribution in [0.4, 0.5) is 18.9 Å². The third-order valence-electron chi connectivity index (χ3n) is 3.34. The Morgan fingerprint density at radius 2 is 1.46 bits per heavy atom. The van der Waals surface area contributed by atoms with Crippen LogP contribution in [0.1, 0.15) is 0 Å². The van der Waals surface area contributed by atoms with Gasteiger partial charge in [0.15, 0.2) is 11.6 Å². The quantitative estimate of drug-likeness (QED) is 0.746. The second kappa shape index (κ2) is 7.23. The molecule has 0 aliphatic heterocycles. The van der Waals surface area contributed by atoms with Crippen LogP contribution in [-0.2, 0) is 10.0 Å². The van der Waals surface area contributed by atoms with Crippen LogP contribution < -0.4 is 4.31 Å². The molecule has 0 saturated heterocycles. The lowest BCUT2D eigenvalue weighted by atomic mass is 10.3. The van der Waals surface area contributed by atoms with E-state index in [-0.39, 0.29) is 12.6 Å². The molecule has 0 aromatic heterocycles. The van der Waals surface area contributed by atoms with Crippen molar-refractivity contribution in [1.29, 1.82) is 0 Å². The second-order valence-corrected chi connectivity index (χ2v) is 7.24. The summed E-state index contributed by atoms with van der Waals surface area (Å²) in [5.41, 5.74) is 0.309. The molecule has 0 unspecified atom stereocenters. The first-order chi connectivity index (χ1) is 11.2. The van der Waals surface area contributed by atoms with Crippen molar-refractivity contribution in [2.75, 3.05) is 31.5 Å². The standard InChI is InChI=1S/C16H17F3N2O2S/c1-20(2)8-9-21(12-6-4-3-5-7-12)24(22,23)16-11-14(18)13(17)10-15(16)19/h3-7,10-11H,8-9H2,1-2H3. The van der Waals surface area contributed by atoms with Crippen molar-refractivity contribution in [2.45, 2.75) is 4.90 Å². The Morgan fingerprint density at radius 3 is 2.04 bits per heavy atom. The van der Waals surface area contributed by atoms with Crippen LogP contribution >= 0.6 is 0 Å². The van der Waals surface area contributed by atoms with Gasteiger partial charge in [-0.1, -0.05) is 18.2 Å². The first-order valence-electron chi connectivity index (χ1n) is 7.10. The Morgan fingerprint density at radius 1 is 0.875 bits per heavy atom. The Balaban J connectivity index is 2.53. The van der Waals surface area contributed by atoms with Crippen LogP contribution in [0, 0.1) is 17.5 Å². The first kappa shape index (κ1) is 18.3. The minimum Gasteiger partial charge on any atom is -0.308 e. The molecular formula is C16H17F3N2O2S. The van der Waals surface area contributed by atoms with E-state index < -0.39 is 32.4 Å². The number of likely N-dealkylation sites (N-methyl/N-ethyl adjacent to an activating group) is 1. The minimum atomic E-state index is -4.39. The summed E-state index contributed by atoms with van der Waals surface area (Å²) in [5, 5.41) is 0. The number of rotatable bonds is 6. The van der Waals surface area contributed by atoms with Gasteiger partial charge in [0.2, 0.25) is 0 Å². The molecule has 0 aliphatic carbocycles. The van der Waals surface area contributed by atoms with Crippen molar-refractivity contribution < 1.29 is 21.6 Å². The second-order valence-electron chi connectivity index (χ2n) is 5.41. The number of sulfonamides is 1. The topological polar surface area (TPSA) is 40.6 Å². The van der Waals surface area contributed by atoms with Gasteiger partial charge in [0.05, 0.1) is 5.69 Å². The molecular weight excluding hydrogens is 341 g/mol. The molecule has 0 amide bonds. The monoisotopic (exact) mass is 358 g/mol. The summed E-state index contributed by atoms with van der Waals surface area (Å²) in [6, 6.07) is 8.67. The van der Waals surface area contributed by atoms with Crippen molar-refractivity contribution in [3.8, 4) is 0 Å². The number of nitrogens with zero attached hydrogens (tertiary/aromatic N) is 2. The number of hydrogen-bond acceptors (Lipinski definition) is 3. The van der Waals surface area contributed by atoms with E-state index in [1.165, 1.54) is 0 Å². The molecule has 0 saturated carbocycles. The van der Waals surface area contributed by atoms with E-state index in [2.05, 4.69) is 0 Å². The maximum absolute atomic E-state index is 14.0. The van der Waals surface area contributed by atoms with Gasteiger partial charge < -0.3 is 4.90 Å². The third kappa shape index (κ3) is 3.88. The maximum atomic E-state index is 14.0. The maximum Gasteiger partial charge on any atom is 0.267 e. The number of halogens is 3. The van der Waals surface area contributed by atoms with Crippen molar-refractivity contribution in [1.82, 2.24) is 4.90 Å². The Kier molecular flexibility index (Phi) is 5.51. The number of anilines is 1. The molecule has 24 heavy (non-hydrogen) atoms. The lowest BCUT2D eigenvalue weighted by Gasteiger charge is -2.26. The molecule has 2 aromatic rings. The highest BCUT2D eigenvalue weighted by Gasteiger charge is 2.29. The van der Waals surface area contributed by atoms with E-state index in [0.29, 0.717) is 18.3 Å². The van der Waals surface area contributed by atoms with Gasteiger partial charge in [-0.2, -0.15) is 0 Å². The summed E-state index contributed by atoms with van der Waals surface area (Å²) >= 11 is 0. The summed E-state index contributed by atoms with van der Waals surface area (Å²) in [4.78, 5) is 0.858. The van der Waals surface area contributed by atoms with Crippen LogP contribution in [0.2, 0.25) is 0 Å². The highest BCUT2D eigenvalue weighted by molar-refractivity contribution is 7.92. The van der Waals surface area contributed by atoms with E-state index in [0.717, 1.165) is 4.31 Å². The molecule has 8 heteroatoms. The fourth-order valence-electron chi connectivity index (χ4n) is 2.09. The van der Waals surface area contributed by atoms with Crippen molar-refractivity contribution in [3.63, 3.8) is 0 Å². The SMILES string of the molecule is CN(C)CCN(c1ccccc1)S(=O)(=O)c1cc(F)c(F)cc1F. The Labute approximate surface area is 139 Å². The molecule has 0 bridgehead atoms.